The molecule has 100 heavy (non-hydrogen) atoms. The molecule has 0 aromatic rings. The van der Waals surface area contributed by atoms with E-state index in [2.05, 4.69) is 55.4 Å². The molecular formula is C81H158O17P2. The molecule has 0 heterocycles. The summed E-state index contributed by atoms with van der Waals surface area (Å²) < 4.78 is 68.7. The fraction of sp³-hybridized carbons (Fsp3) is 0.951. The lowest BCUT2D eigenvalue weighted by Gasteiger charge is -2.21. The van der Waals surface area contributed by atoms with Gasteiger partial charge in [0.2, 0.25) is 0 Å². The van der Waals surface area contributed by atoms with Gasteiger partial charge in [-0.3, -0.25) is 37.3 Å². The highest BCUT2D eigenvalue weighted by molar-refractivity contribution is 7.47. The first kappa shape index (κ1) is 98.1. The second-order valence-electron chi connectivity index (χ2n) is 30.6. The van der Waals surface area contributed by atoms with Gasteiger partial charge in [-0.2, -0.15) is 0 Å². The Morgan fingerprint density at radius 2 is 0.480 bits per heavy atom. The summed E-state index contributed by atoms with van der Waals surface area (Å²) in [5, 5.41) is 10.6. The van der Waals surface area contributed by atoms with Crippen LogP contribution in [0.1, 0.15) is 415 Å². The van der Waals surface area contributed by atoms with E-state index in [4.69, 9.17) is 37.0 Å². The van der Waals surface area contributed by atoms with Gasteiger partial charge in [-0.25, -0.2) is 9.13 Å². The smallest absolute Gasteiger partial charge is 0.462 e. The Morgan fingerprint density at radius 1 is 0.280 bits per heavy atom. The molecule has 0 amide bonds. The van der Waals surface area contributed by atoms with Crippen LogP contribution in [-0.4, -0.2) is 96.7 Å². The van der Waals surface area contributed by atoms with Crippen LogP contribution in [0.3, 0.4) is 0 Å². The zero-order chi connectivity index (χ0) is 73.8. The monoisotopic (exact) mass is 1470 g/mol. The number of ether oxygens (including phenoxy) is 4. The van der Waals surface area contributed by atoms with Gasteiger partial charge in [0.1, 0.15) is 19.3 Å². The number of esters is 4. The second kappa shape index (κ2) is 70.1. The van der Waals surface area contributed by atoms with Crippen LogP contribution in [0.25, 0.3) is 0 Å². The molecule has 0 aliphatic carbocycles. The molecule has 19 heteroatoms. The first-order valence-corrected chi connectivity index (χ1v) is 44.8. The highest BCUT2D eigenvalue weighted by atomic mass is 31.2. The number of hydrogen-bond donors (Lipinski definition) is 3. The van der Waals surface area contributed by atoms with Crippen molar-refractivity contribution in [3.8, 4) is 0 Å². The van der Waals surface area contributed by atoms with Gasteiger partial charge in [0.25, 0.3) is 0 Å². The molecule has 7 atom stereocenters. The molecule has 0 aliphatic heterocycles. The molecule has 0 rings (SSSR count). The van der Waals surface area contributed by atoms with E-state index in [9.17, 15) is 43.2 Å². The van der Waals surface area contributed by atoms with E-state index in [0.29, 0.717) is 31.6 Å². The van der Waals surface area contributed by atoms with Gasteiger partial charge in [-0.15, -0.1) is 0 Å². The van der Waals surface area contributed by atoms with Crippen molar-refractivity contribution in [3.63, 3.8) is 0 Å². The second-order valence-corrected chi connectivity index (χ2v) is 33.5. The van der Waals surface area contributed by atoms with Crippen molar-refractivity contribution in [2.45, 2.75) is 433 Å². The number of phosphoric ester groups is 2. The van der Waals surface area contributed by atoms with Gasteiger partial charge in [0, 0.05) is 25.7 Å². The first-order chi connectivity index (χ1) is 48.2. The number of rotatable bonds is 78. The summed E-state index contributed by atoms with van der Waals surface area (Å²) >= 11 is 0. The van der Waals surface area contributed by atoms with Crippen molar-refractivity contribution in [1.82, 2.24) is 0 Å². The molecule has 0 fully saturated rings. The summed E-state index contributed by atoms with van der Waals surface area (Å²) in [7, 11) is -9.92. The van der Waals surface area contributed by atoms with Crippen molar-refractivity contribution in [3.05, 3.63) is 0 Å². The Bertz CT molecular complexity index is 1960. The molecule has 0 aromatic heterocycles. The van der Waals surface area contributed by atoms with Crippen LogP contribution in [-0.2, 0) is 65.4 Å². The molecule has 0 saturated carbocycles. The summed E-state index contributed by atoms with van der Waals surface area (Å²) in [5.74, 6) is 1.05. The van der Waals surface area contributed by atoms with Gasteiger partial charge in [-0.1, -0.05) is 364 Å². The average molecular weight is 1470 g/mol. The summed E-state index contributed by atoms with van der Waals surface area (Å²) in [4.78, 5) is 73.0. The van der Waals surface area contributed by atoms with E-state index in [1.807, 2.05) is 0 Å². The van der Waals surface area contributed by atoms with Crippen LogP contribution in [0.15, 0.2) is 0 Å². The summed E-state index contributed by atoms with van der Waals surface area (Å²) in [6.07, 6.45) is 56.8. The lowest BCUT2D eigenvalue weighted by atomic mass is 9.99. The molecule has 5 unspecified atom stereocenters. The Kier molecular flexibility index (Phi) is 68.7. The molecule has 0 aliphatic rings. The quantitative estimate of drug-likeness (QED) is 0.0222. The number of hydrogen-bond acceptors (Lipinski definition) is 15. The lowest BCUT2D eigenvalue weighted by Crippen LogP contribution is -2.30. The molecule has 594 valence electrons. The van der Waals surface area contributed by atoms with Gasteiger partial charge >= 0.3 is 39.5 Å². The molecule has 0 spiro atoms. The number of aliphatic hydroxyl groups excluding tert-OH is 1. The first-order valence-electron chi connectivity index (χ1n) is 41.8. The van der Waals surface area contributed by atoms with Gasteiger partial charge in [-0.05, 0) is 49.4 Å². The molecule has 0 saturated heterocycles. The number of unbranched alkanes of at least 4 members (excludes halogenated alkanes) is 42. The van der Waals surface area contributed by atoms with Gasteiger partial charge in [0.05, 0.1) is 26.4 Å². The summed E-state index contributed by atoms with van der Waals surface area (Å²) in [6, 6.07) is 0. The van der Waals surface area contributed by atoms with E-state index in [1.165, 1.54) is 212 Å². The Hall–Kier alpha value is -1.94. The zero-order valence-electron chi connectivity index (χ0n) is 65.8. The van der Waals surface area contributed by atoms with Crippen LogP contribution < -0.4 is 0 Å². The maximum Gasteiger partial charge on any atom is 0.472 e. The normalized spacial score (nSPS) is 14.6. The van der Waals surface area contributed by atoms with Crippen molar-refractivity contribution in [1.29, 1.82) is 0 Å². The third-order valence-electron chi connectivity index (χ3n) is 19.5. The SMILES string of the molecule is CCC(C)CCCCCCCCCCCCCCCCC(=O)OC[C@H](COP(=O)(O)OCC(O)COP(=O)(O)OC[C@@H](COC(=O)CCCCCCCCCC(C)C)OC(=O)CCCCCCCCCCCCCCCCC(C)CC)OC(=O)CCCCCCCCCCCCCC(C)C. The standard InChI is InChI=1S/C81H158O17P2/c1-9-73(7)59-51-43-35-27-21-15-11-13-17-23-29-37-45-53-61-78(83)91-67-76(97-81(86)64-56-48-39-31-25-19-20-26-33-41-49-57-71(3)4)69-95-99(87,88)93-65-75(82)66-94-100(89,90)96-70-77(68-92-79(84)62-54-46-40-32-34-42-50-58-72(5)6)98-80(85)63-55-47-38-30-24-18-14-12-16-22-28-36-44-52-60-74(8)10-2/h71-77,82H,9-70H2,1-8H3,(H,87,88)(H,89,90)/t73?,74?,75?,76-,77-/m1/s1. The molecule has 0 bridgehead atoms. The minimum Gasteiger partial charge on any atom is -0.462 e. The molecule has 0 aromatic carbocycles. The van der Waals surface area contributed by atoms with E-state index in [0.717, 1.165) is 114 Å². The molecule has 17 nitrogen and oxygen atoms in total. The van der Waals surface area contributed by atoms with Gasteiger partial charge in [0.15, 0.2) is 12.2 Å². The van der Waals surface area contributed by atoms with E-state index in [-0.39, 0.29) is 25.7 Å². The number of carbonyl (C=O) groups excluding carboxylic acids is 4. The topological polar surface area (TPSA) is 237 Å². The van der Waals surface area contributed by atoms with Crippen LogP contribution in [0, 0.1) is 23.7 Å². The third kappa shape index (κ3) is 71.7. The number of aliphatic hydroxyl groups is 1. The third-order valence-corrected chi connectivity index (χ3v) is 21.4. The van der Waals surface area contributed by atoms with E-state index in [1.54, 1.807) is 0 Å². The van der Waals surface area contributed by atoms with Crippen LogP contribution in [0.5, 0.6) is 0 Å². The predicted molar refractivity (Wildman–Crippen MR) is 409 cm³/mol. The Labute approximate surface area is 613 Å². The van der Waals surface area contributed by atoms with Crippen molar-refractivity contribution >= 4 is 39.5 Å². The van der Waals surface area contributed by atoms with E-state index < -0.39 is 97.5 Å². The van der Waals surface area contributed by atoms with Crippen molar-refractivity contribution in [2.24, 2.45) is 23.7 Å². The van der Waals surface area contributed by atoms with Crippen LogP contribution in [0.2, 0.25) is 0 Å². The fourth-order valence-corrected chi connectivity index (χ4v) is 13.9. The van der Waals surface area contributed by atoms with E-state index >= 15 is 0 Å². The van der Waals surface area contributed by atoms with Gasteiger partial charge < -0.3 is 33.8 Å². The fourth-order valence-electron chi connectivity index (χ4n) is 12.4. The summed E-state index contributed by atoms with van der Waals surface area (Å²) in [5.41, 5.74) is 0. The van der Waals surface area contributed by atoms with Crippen molar-refractivity contribution < 1.29 is 80.2 Å². The Morgan fingerprint density at radius 3 is 0.710 bits per heavy atom. The molecule has 3 N–H and O–H groups in total. The molecule has 0 radical (unpaired) electrons. The van der Waals surface area contributed by atoms with Crippen LogP contribution in [0.4, 0.5) is 0 Å². The highest BCUT2D eigenvalue weighted by Gasteiger charge is 2.30. The maximum atomic E-state index is 13.1. The largest absolute Gasteiger partial charge is 0.472 e. The zero-order valence-corrected chi connectivity index (χ0v) is 67.6. The number of phosphoric acid groups is 2. The minimum atomic E-state index is -4.96. The Balaban J connectivity index is 5.23. The minimum absolute atomic E-state index is 0.106. The summed E-state index contributed by atoms with van der Waals surface area (Å²) in [6.45, 7) is 14.3. The van der Waals surface area contributed by atoms with Crippen molar-refractivity contribution in [2.75, 3.05) is 39.6 Å². The predicted octanol–water partition coefficient (Wildman–Crippen LogP) is 24.0. The lowest BCUT2D eigenvalue weighted by molar-refractivity contribution is -0.161. The molecular weight excluding hydrogens is 1310 g/mol. The highest BCUT2D eigenvalue weighted by Crippen LogP contribution is 2.45. The maximum absolute atomic E-state index is 13.1. The number of carbonyl (C=O) groups is 4. The average Bonchev–Trinajstić information content (AvgIpc) is 0.948. The van der Waals surface area contributed by atoms with Crippen LogP contribution >= 0.6 is 15.6 Å².